The number of nitrogens with one attached hydrogen (secondary N) is 1. The van der Waals surface area contributed by atoms with Crippen LogP contribution < -0.4 is 4.74 Å². The zero-order valence-electron chi connectivity index (χ0n) is 5.02. The summed E-state index contributed by atoms with van der Waals surface area (Å²) in [6, 6.07) is 1.85. The average Bonchev–Trinajstić information content (AvgIpc) is 2.17. The van der Waals surface area contributed by atoms with Crippen molar-refractivity contribution in [1.29, 1.82) is 0 Å². The molecule has 0 atom stereocenters. The summed E-state index contributed by atoms with van der Waals surface area (Å²) < 4.78 is 6.03. The van der Waals surface area contributed by atoms with Crippen molar-refractivity contribution in [1.82, 2.24) is 10.2 Å². The summed E-state index contributed by atoms with van der Waals surface area (Å²) >= 11 is 2.12. The topological polar surface area (TPSA) is 37.9 Å². The summed E-state index contributed by atoms with van der Waals surface area (Å²) in [5.41, 5.74) is 0. The van der Waals surface area contributed by atoms with Crippen molar-refractivity contribution in [3.8, 4) is 5.88 Å². The van der Waals surface area contributed by atoms with Crippen molar-refractivity contribution >= 4 is 22.6 Å². The van der Waals surface area contributed by atoms with E-state index in [1.807, 2.05) is 13.0 Å². The lowest BCUT2D eigenvalue weighted by atomic mass is 10.7. The Morgan fingerprint density at radius 2 is 2.67 bits per heavy atom. The van der Waals surface area contributed by atoms with Gasteiger partial charge in [0.2, 0.25) is 5.88 Å². The summed E-state index contributed by atoms with van der Waals surface area (Å²) in [7, 11) is 0. The Bertz CT molecular complexity index is 187. The first-order valence-corrected chi connectivity index (χ1v) is 3.74. The molecule has 0 unspecified atom stereocenters. The number of halogens is 1. The number of rotatable bonds is 2. The van der Waals surface area contributed by atoms with E-state index >= 15 is 0 Å². The van der Waals surface area contributed by atoms with Crippen LogP contribution in [0.25, 0.3) is 0 Å². The molecule has 4 heteroatoms. The fourth-order valence-electron chi connectivity index (χ4n) is 0.511. The summed E-state index contributed by atoms with van der Waals surface area (Å²) in [6.07, 6.45) is 0. The second-order valence-corrected chi connectivity index (χ2v) is 2.59. The molecule has 0 bridgehead atoms. The minimum atomic E-state index is 0.679. The number of nitrogens with zero attached hydrogens (tertiary/aromatic N) is 1. The van der Waals surface area contributed by atoms with Crippen LogP contribution in [-0.2, 0) is 0 Å². The van der Waals surface area contributed by atoms with E-state index in [2.05, 4.69) is 32.8 Å². The van der Waals surface area contributed by atoms with Gasteiger partial charge in [-0.1, -0.05) is 0 Å². The Kier molecular flexibility index (Phi) is 2.32. The van der Waals surface area contributed by atoms with E-state index in [-0.39, 0.29) is 0 Å². The maximum absolute atomic E-state index is 5.10. The predicted octanol–water partition coefficient (Wildman–Crippen LogP) is 1.41. The second-order valence-electron chi connectivity index (χ2n) is 1.49. The molecule has 9 heavy (non-hydrogen) atoms. The van der Waals surface area contributed by atoms with Gasteiger partial charge in [-0.3, -0.25) is 0 Å². The van der Waals surface area contributed by atoms with Gasteiger partial charge in [0.05, 0.1) is 6.61 Å². The Morgan fingerprint density at radius 1 is 1.89 bits per heavy atom. The van der Waals surface area contributed by atoms with Crippen LogP contribution in [0.2, 0.25) is 0 Å². The molecule has 1 aromatic rings. The van der Waals surface area contributed by atoms with Gasteiger partial charge in [0.25, 0.3) is 0 Å². The van der Waals surface area contributed by atoms with Gasteiger partial charge in [-0.05, 0) is 29.5 Å². The Morgan fingerprint density at radius 3 is 3.11 bits per heavy atom. The molecule has 0 amide bonds. The minimum absolute atomic E-state index is 0.679. The summed E-state index contributed by atoms with van der Waals surface area (Å²) in [5.74, 6) is 0.738. The molecule has 50 valence electrons. The van der Waals surface area contributed by atoms with Gasteiger partial charge in [0.1, 0.15) is 3.70 Å². The van der Waals surface area contributed by atoms with Crippen LogP contribution in [0.3, 0.4) is 0 Å². The van der Waals surface area contributed by atoms with Crippen molar-refractivity contribution in [3.05, 3.63) is 9.77 Å². The van der Waals surface area contributed by atoms with Crippen LogP contribution in [0.1, 0.15) is 6.92 Å². The first-order chi connectivity index (χ1) is 4.33. The maximum atomic E-state index is 5.10. The fraction of sp³-hybridized carbons (Fsp3) is 0.400. The Labute approximate surface area is 66.9 Å². The highest BCUT2D eigenvalue weighted by Crippen LogP contribution is 2.08. The van der Waals surface area contributed by atoms with Gasteiger partial charge in [0.15, 0.2) is 0 Å². The molecular formula is C5H7IN2O. The largest absolute Gasteiger partial charge is 0.478 e. The third-order valence-corrected chi connectivity index (χ3v) is 1.38. The molecule has 0 saturated heterocycles. The van der Waals surface area contributed by atoms with E-state index in [0.717, 1.165) is 9.58 Å². The van der Waals surface area contributed by atoms with Crippen molar-refractivity contribution in [3.63, 3.8) is 0 Å². The Balaban J connectivity index is 2.61. The molecule has 0 aliphatic heterocycles. The predicted molar refractivity (Wildman–Crippen MR) is 42.5 cm³/mol. The highest BCUT2D eigenvalue weighted by atomic mass is 127. The standard InChI is InChI=1S/C5H7IN2O/c1-2-9-5-3-4(6)7-8-5/h3H,2H2,1H3,(H,7,8). The van der Waals surface area contributed by atoms with E-state index in [1.54, 1.807) is 0 Å². The number of H-pyrrole nitrogens is 1. The lowest BCUT2D eigenvalue weighted by molar-refractivity contribution is 0.326. The first-order valence-electron chi connectivity index (χ1n) is 2.66. The number of ether oxygens (including phenoxy) is 1. The molecule has 0 spiro atoms. The van der Waals surface area contributed by atoms with Crippen molar-refractivity contribution in [2.75, 3.05) is 6.61 Å². The molecular weight excluding hydrogens is 231 g/mol. The Hall–Kier alpha value is -0.260. The van der Waals surface area contributed by atoms with Crippen LogP contribution in [0.4, 0.5) is 0 Å². The first kappa shape index (κ1) is 6.85. The molecule has 1 aromatic heterocycles. The van der Waals surface area contributed by atoms with E-state index in [0.29, 0.717) is 6.61 Å². The second kappa shape index (κ2) is 3.05. The lowest BCUT2D eigenvalue weighted by Gasteiger charge is -1.93. The van der Waals surface area contributed by atoms with Crippen molar-refractivity contribution in [2.45, 2.75) is 6.92 Å². The van der Waals surface area contributed by atoms with E-state index in [4.69, 9.17) is 4.74 Å². The van der Waals surface area contributed by atoms with Crippen LogP contribution in [0.15, 0.2) is 6.07 Å². The number of aromatic nitrogens is 2. The number of hydrogen-bond donors (Lipinski definition) is 1. The van der Waals surface area contributed by atoms with E-state index in [9.17, 15) is 0 Å². The fourth-order valence-corrected chi connectivity index (χ4v) is 0.914. The molecule has 1 rings (SSSR count). The highest BCUT2D eigenvalue weighted by Gasteiger charge is 1.94. The van der Waals surface area contributed by atoms with Gasteiger partial charge in [-0.2, -0.15) is 5.10 Å². The number of aromatic amines is 1. The molecule has 0 fully saturated rings. The van der Waals surface area contributed by atoms with Crippen LogP contribution >= 0.6 is 22.6 Å². The zero-order chi connectivity index (χ0) is 6.69. The van der Waals surface area contributed by atoms with Crippen LogP contribution in [0.5, 0.6) is 5.88 Å². The van der Waals surface area contributed by atoms with E-state index < -0.39 is 0 Å². The quantitative estimate of drug-likeness (QED) is 0.791. The smallest absolute Gasteiger partial charge is 0.210 e. The lowest BCUT2D eigenvalue weighted by Crippen LogP contribution is -1.90. The summed E-state index contributed by atoms with van der Waals surface area (Å²) in [4.78, 5) is 0. The van der Waals surface area contributed by atoms with Crippen molar-refractivity contribution in [2.24, 2.45) is 0 Å². The monoisotopic (exact) mass is 238 g/mol. The summed E-state index contributed by atoms with van der Waals surface area (Å²) in [5, 5.41) is 6.60. The van der Waals surface area contributed by atoms with Gasteiger partial charge < -0.3 is 4.74 Å². The molecule has 0 aromatic carbocycles. The molecule has 0 aliphatic rings. The van der Waals surface area contributed by atoms with Gasteiger partial charge in [-0.25, -0.2) is 5.10 Å². The third kappa shape index (κ3) is 1.85. The average molecular weight is 238 g/mol. The van der Waals surface area contributed by atoms with Gasteiger partial charge in [0, 0.05) is 6.07 Å². The van der Waals surface area contributed by atoms with Gasteiger partial charge in [-0.15, -0.1) is 0 Å². The van der Waals surface area contributed by atoms with Gasteiger partial charge >= 0.3 is 0 Å². The third-order valence-electron chi connectivity index (χ3n) is 0.823. The SMILES string of the molecule is CCOc1cc(I)n[nH]1. The van der Waals surface area contributed by atoms with Crippen molar-refractivity contribution < 1.29 is 4.74 Å². The van der Waals surface area contributed by atoms with E-state index in [1.165, 1.54) is 0 Å². The molecule has 0 radical (unpaired) electrons. The highest BCUT2D eigenvalue weighted by molar-refractivity contribution is 14.1. The van der Waals surface area contributed by atoms with Crippen LogP contribution in [-0.4, -0.2) is 16.8 Å². The minimum Gasteiger partial charge on any atom is -0.478 e. The van der Waals surface area contributed by atoms with Crippen LogP contribution in [0, 0.1) is 3.70 Å². The maximum Gasteiger partial charge on any atom is 0.210 e. The number of hydrogen-bond acceptors (Lipinski definition) is 2. The normalized spacial score (nSPS) is 9.56. The molecule has 0 saturated carbocycles. The zero-order valence-corrected chi connectivity index (χ0v) is 7.18. The molecule has 3 nitrogen and oxygen atoms in total. The summed E-state index contributed by atoms with van der Waals surface area (Å²) in [6.45, 7) is 2.62. The molecule has 0 aliphatic carbocycles. The molecule has 1 N–H and O–H groups in total. The molecule has 1 heterocycles.